The zero-order chi connectivity index (χ0) is 22.3. The molecule has 1 unspecified atom stereocenters. The summed E-state index contributed by atoms with van der Waals surface area (Å²) in [6.07, 6.45) is 1.98. The summed E-state index contributed by atoms with van der Waals surface area (Å²) in [4.78, 5) is 16.6. The molecule has 1 saturated heterocycles. The van der Waals surface area contributed by atoms with Crippen molar-refractivity contribution in [1.29, 1.82) is 0 Å². The number of likely N-dealkylation sites (tertiary alicyclic amines) is 1. The molecule has 3 nitrogen and oxygen atoms in total. The van der Waals surface area contributed by atoms with Gasteiger partial charge in [0, 0.05) is 34.4 Å². The normalized spacial score (nSPS) is 16.6. The van der Waals surface area contributed by atoms with E-state index in [-0.39, 0.29) is 11.8 Å². The molecule has 0 radical (unpaired) electrons. The second kappa shape index (κ2) is 11.0. The minimum Gasteiger partial charge on any atom is -0.326 e. The molecule has 0 aliphatic carbocycles. The molecule has 0 saturated carbocycles. The molecule has 4 rings (SSSR count). The average Bonchev–Trinajstić information content (AvgIpc) is 2.81. The molecule has 1 aliphatic rings. The summed E-state index contributed by atoms with van der Waals surface area (Å²) in [6.45, 7) is 4.74. The fourth-order valence-electron chi connectivity index (χ4n) is 4.14. The number of amides is 1. The van der Waals surface area contributed by atoms with Gasteiger partial charge in [-0.1, -0.05) is 54.1 Å². The van der Waals surface area contributed by atoms with Crippen molar-refractivity contribution in [3.63, 3.8) is 0 Å². The van der Waals surface area contributed by atoms with E-state index in [0.29, 0.717) is 0 Å². The predicted octanol–water partition coefficient (Wildman–Crippen LogP) is 6.79. The van der Waals surface area contributed by atoms with E-state index in [2.05, 4.69) is 65.7 Å². The minimum absolute atomic E-state index is 0.0174. The van der Waals surface area contributed by atoms with E-state index in [9.17, 15) is 4.79 Å². The summed E-state index contributed by atoms with van der Waals surface area (Å²) in [6, 6.07) is 24.7. The second-order valence-corrected chi connectivity index (χ2v) is 9.93. The van der Waals surface area contributed by atoms with Crippen LogP contribution in [0.3, 0.4) is 0 Å². The van der Waals surface area contributed by atoms with Crippen molar-refractivity contribution in [2.45, 2.75) is 37.0 Å². The van der Waals surface area contributed by atoms with Gasteiger partial charge in [-0.05, 0) is 73.3 Å². The van der Waals surface area contributed by atoms with Gasteiger partial charge in [0.2, 0.25) is 5.91 Å². The number of benzene rings is 3. The van der Waals surface area contributed by atoms with Crippen LogP contribution in [0, 0.1) is 12.8 Å². The number of anilines is 1. The van der Waals surface area contributed by atoms with Crippen LogP contribution < -0.4 is 5.32 Å². The van der Waals surface area contributed by atoms with Crippen molar-refractivity contribution in [1.82, 2.24) is 4.90 Å². The Balaban J connectivity index is 1.32. The van der Waals surface area contributed by atoms with Crippen molar-refractivity contribution in [2.24, 2.45) is 5.92 Å². The van der Waals surface area contributed by atoms with Crippen LogP contribution in [-0.4, -0.2) is 23.9 Å². The number of hydrogen-bond donors (Lipinski definition) is 1. The third kappa shape index (κ3) is 6.38. The molecule has 1 aliphatic heterocycles. The van der Waals surface area contributed by atoms with Gasteiger partial charge >= 0.3 is 0 Å². The quantitative estimate of drug-likeness (QED) is 0.390. The number of carbonyl (C=O) groups is 1. The van der Waals surface area contributed by atoms with Gasteiger partial charge in [-0.2, -0.15) is 0 Å². The highest BCUT2D eigenvalue weighted by Gasteiger charge is 2.26. The number of nitrogens with one attached hydrogen (secondary N) is 1. The van der Waals surface area contributed by atoms with E-state index in [0.717, 1.165) is 54.5 Å². The number of thioether (sulfide) groups is 1. The molecule has 3 aromatic carbocycles. The van der Waals surface area contributed by atoms with Crippen LogP contribution in [0.4, 0.5) is 5.69 Å². The second-order valence-electron chi connectivity index (χ2n) is 8.44. The van der Waals surface area contributed by atoms with Gasteiger partial charge in [0.25, 0.3) is 0 Å². The number of carbonyl (C=O) groups excluding carboxylic acids is 1. The SMILES string of the molecule is Cc1cc(CSc2ccccc2)ccc1NC(=O)C1CCCN(Cc2ccc(Cl)cc2)C1. The van der Waals surface area contributed by atoms with Crippen LogP contribution in [-0.2, 0) is 17.1 Å². The van der Waals surface area contributed by atoms with E-state index in [1.54, 1.807) is 0 Å². The number of piperidine rings is 1. The van der Waals surface area contributed by atoms with Gasteiger partial charge in [-0.15, -0.1) is 11.8 Å². The fraction of sp³-hybridized carbons (Fsp3) is 0.296. The maximum Gasteiger partial charge on any atom is 0.228 e. The van der Waals surface area contributed by atoms with Crippen LogP contribution in [0.25, 0.3) is 0 Å². The summed E-state index contributed by atoms with van der Waals surface area (Å²) in [5.74, 6) is 1.06. The maximum absolute atomic E-state index is 13.0. The first kappa shape index (κ1) is 22.9. The summed E-state index contributed by atoms with van der Waals surface area (Å²) in [5, 5.41) is 3.94. The molecular formula is C27H29ClN2OS. The van der Waals surface area contributed by atoms with E-state index < -0.39 is 0 Å². The van der Waals surface area contributed by atoms with Gasteiger partial charge in [0.05, 0.1) is 5.92 Å². The van der Waals surface area contributed by atoms with Crippen molar-refractivity contribution in [3.05, 3.63) is 94.5 Å². The number of aryl methyl sites for hydroxylation is 1. The Morgan fingerprint density at radius 3 is 2.56 bits per heavy atom. The lowest BCUT2D eigenvalue weighted by Gasteiger charge is -2.32. The largest absolute Gasteiger partial charge is 0.326 e. The molecule has 166 valence electrons. The number of hydrogen-bond acceptors (Lipinski definition) is 3. The van der Waals surface area contributed by atoms with E-state index in [4.69, 9.17) is 11.6 Å². The Morgan fingerprint density at radius 2 is 1.81 bits per heavy atom. The molecule has 1 N–H and O–H groups in total. The molecule has 1 heterocycles. The number of nitrogens with zero attached hydrogens (tertiary/aromatic N) is 1. The standard InChI is InChI=1S/C27H29ClN2OS/c1-20-16-22(19-32-25-7-3-2-4-8-25)11-14-26(20)29-27(31)23-6-5-15-30(18-23)17-21-9-12-24(28)13-10-21/h2-4,7-14,16,23H,5-6,15,17-19H2,1H3,(H,29,31). The van der Waals surface area contributed by atoms with Crippen LogP contribution in [0.5, 0.6) is 0 Å². The topological polar surface area (TPSA) is 32.3 Å². The third-order valence-corrected chi connectivity index (χ3v) is 7.23. The van der Waals surface area contributed by atoms with E-state index in [1.807, 2.05) is 36.0 Å². The van der Waals surface area contributed by atoms with Gasteiger partial charge in [0.1, 0.15) is 0 Å². The predicted molar refractivity (Wildman–Crippen MR) is 135 cm³/mol. The first-order chi connectivity index (χ1) is 15.6. The molecule has 0 bridgehead atoms. The molecule has 0 spiro atoms. The summed E-state index contributed by atoms with van der Waals surface area (Å²) >= 11 is 7.82. The highest BCUT2D eigenvalue weighted by Crippen LogP contribution is 2.26. The monoisotopic (exact) mass is 464 g/mol. The van der Waals surface area contributed by atoms with Gasteiger partial charge in [-0.3, -0.25) is 9.69 Å². The average molecular weight is 465 g/mol. The summed E-state index contributed by atoms with van der Waals surface area (Å²) in [7, 11) is 0. The Hall–Kier alpha value is -2.27. The smallest absolute Gasteiger partial charge is 0.228 e. The van der Waals surface area contributed by atoms with Gasteiger partial charge < -0.3 is 5.32 Å². The first-order valence-corrected chi connectivity index (χ1v) is 12.5. The van der Waals surface area contributed by atoms with E-state index in [1.165, 1.54) is 16.0 Å². The summed E-state index contributed by atoms with van der Waals surface area (Å²) < 4.78 is 0. The van der Waals surface area contributed by atoms with Crippen LogP contribution in [0.2, 0.25) is 5.02 Å². The number of rotatable bonds is 7. The molecule has 1 atom stereocenters. The Morgan fingerprint density at radius 1 is 1.06 bits per heavy atom. The fourth-order valence-corrected chi connectivity index (χ4v) is 5.12. The highest BCUT2D eigenvalue weighted by atomic mass is 35.5. The molecule has 1 fully saturated rings. The van der Waals surface area contributed by atoms with Crippen LogP contribution in [0.15, 0.2) is 77.7 Å². The number of halogens is 1. The molecular weight excluding hydrogens is 436 g/mol. The third-order valence-electron chi connectivity index (χ3n) is 5.89. The van der Waals surface area contributed by atoms with Crippen molar-refractivity contribution in [3.8, 4) is 0 Å². The maximum atomic E-state index is 13.0. The Bertz CT molecular complexity index is 1040. The molecule has 1 amide bonds. The molecule has 5 heteroatoms. The van der Waals surface area contributed by atoms with Crippen molar-refractivity contribution in [2.75, 3.05) is 18.4 Å². The van der Waals surface area contributed by atoms with Crippen molar-refractivity contribution >= 4 is 35.0 Å². The lowest BCUT2D eigenvalue weighted by atomic mass is 9.96. The van der Waals surface area contributed by atoms with Crippen LogP contribution >= 0.6 is 23.4 Å². The Labute approximate surface area is 200 Å². The highest BCUT2D eigenvalue weighted by molar-refractivity contribution is 7.98. The molecule has 0 aromatic heterocycles. The van der Waals surface area contributed by atoms with Gasteiger partial charge in [-0.25, -0.2) is 0 Å². The lowest BCUT2D eigenvalue weighted by molar-refractivity contribution is -0.121. The zero-order valence-corrected chi connectivity index (χ0v) is 20.0. The first-order valence-electron chi connectivity index (χ1n) is 11.1. The summed E-state index contributed by atoms with van der Waals surface area (Å²) in [5.41, 5.74) is 4.52. The lowest BCUT2D eigenvalue weighted by Crippen LogP contribution is -2.40. The van der Waals surface area contributed by atoms with Crippen LogP contribution in [0.1, 0.15) is 29.5 Å². The molecule has 3 aromatic rings. The minimum atomic E-state index is 0.0174. The van der Waals surface area contributed by atoms with Crippen molar-refractivity contribution < 1.29 is 4.79 Å². The Kier molecular flexibility index (Phi) is 7.90. The van der Waals surface area contributed by atoms with Gasteiger partial charge in [0.15, 0.2) is 0 Å². The van der Waals surface area contributed by atoms with E-state index >= 15 is 0 Å². The zero-order valence-electron chi connectivity index (χ0n) is 18.4. The molecule has 32 heavy (non-hydrogen) atoms.